The lowest BCUT2D eigenvalue weighted by Crippen LogP contribution is -2.37. The third kappa shape index (κ3) is 2.49. The van der Waals surface area contributed by atoms with Crippen LogP contribution in [0.3, 0.4) is 0 Å². The van der Waals surface area contributed by atoms with Gasteiger partial charge in [-0.1, -0.05) is 6.92 Å². The van der Waals surface area contributed by atoms with Crippen molar-refractivity contribution in [2.24, 2.45) is 7.05 Å². The number of nitrogens with zero attached hydrogens (tertiary/aromatic N) is 2. The summed E-state index contributed by atoms with van der Waals surface area (Å²) in [4.78, 5) is 0. The summed E-state index contributed by atoms with van der Waals surface area (Å²) in [5.41, 5.74) is -0.293. The molecule has 0 spiro atoms. The van der Waals surface area contributed by atoms with Gasteiger partial charge in [-0.3, -0.25) is 4.68 Å². The SMILES string of the molecule is CCNCC(C)(O)c1c(OC)cnn1C. The second-order valence-corrected chi connectivity index (χ2v) is 3.74. The first-order chi connectivity index (χ1) is 7.03. The smallest absolute Gasteiger partial charge is 0.162 e. The van der Waals surface area contributed by atoms with E-state index in [1.807, 2.05) is 6.92 Å². The van der Waals surface area contributed by atoms with Gasteiger partial charge in [0.05, 0.1) is 13.3 Å². The van der Waals surface area contributed by atoms with Gasteiger partial charge in [0.25, 0.3) is 0 Å². The van der Waals surface area contributed by atoms with E-state index in [9.17, 15) is 5.11 Å². The molecule has 0 saturated carbocycles. The number of likely N-dealkylation sites (N-methyl/N-ethyl adjacent to an activating group) is 1. The highest BCUT2D eigenvalue weighted by Gasteiger charge is 2.30. The summed E-state index contributed by atoms with van der Waals surface area (Å²) in [5, 5.41) is 17.5. The normalized spacial score (nSPS) is 15.0. The zero-order chi connectivity index (χ0) is 11.5. The monoisotopic (exact) mass is 213 g/mol. The van der Waals surface area contributed by atoms with Crippen LogP contribution in [0.25, 0.3) is 0 Å². The zero-order valence-corrected chi connectivity index (χ0v) is 9.74. The third-order valence-electron chi connectivity index (χ3n) is 2.35. The van der Waals surface area contributed by atoms with Crippen LogP contribution in [-0.4, -0.2) is 35.1 Å². The molecule has 0 aliphatic carbocycles. The van der Waals surface area contributed by atoms with Crippen molar-refractivity contribution in [1.29, 1.82) is 0 Å². The van der Waals surface area contributed by atoms with Gasteiger partial charge in [0.15, 0.2) is 5.75 Å². The highest BCUT2D eigenvalue weighted by Crippen LogP contribution is 2.28. The number of aliphatic hydroxyl groups is 1. The van der Waals surface area contributed by atoms with E-state index in [0.717, 1.165) is 6.54 Å². The Morgan fingerprint density at radius 3 is 2.87 bits per heavy atom. The summed E-state index contributed by atoms with van der Waals surface area (Å²) in [5.74, 6) is 0.611. The molecule has 0 aliphatic rings. The van der Waals surface area contributed by atoms with Crippen LogP contribution in [0.5, 0.6) is 5.75 Å². The summed E-state index contributed by atoms with van der Waals surface area (Å²) >= 11 is 0. The van der Waals surface area contributed by atoms with Crippen LogP contribution < -0.4 is 10.1 Å². The number of hydrogen-bond acceptors (Lipinski definition) is 4. The fourth-order valence-corrected chi connectivity index (χ4v) is 1.63. The number of aromatic nitrogens is 2. The van der Waals surface area contributed by atoms with Gasteiger partial charge >= 0.3 is 0 Å². The molecule has 5 heteroatoms. The van der Waals surface area contributed by atoms with Crippen molar-refractivity contribution >= 4 is 0 Å². The predicted octanol–water partition coefficient (Wildman–Crippen LogP) is 0.246. The molecule has 0 saturated heterocycles. The van der Waals surface area contributed by atoms with Gasteiger partial charge in [-0.2, -0.15) is 5.10 Å². The Morgan fingerprint density at radius 2 is 2.33 bits per heavy atom. The minimum atomic E-state index is -0.980. The molecule has 0 bridgehead atoms. The second-order valence-electron chi connectivity index (χ2n) is 3.74. The summed E-state index contributed by atoms with van der Waals surface area (Å²) < 4.78 is 6.80. The van der Waals surface area contributed by atoms with E-state index in [4.69, 9.17) is 4.74 Å². The molecule has 1 aromatic rings. The number of ether oxygens (including phenoxy) is 1. The van der Waals surface area contributed by atoms with E-state index < -0.39 is 5.60 Å². The fourth-order valence-electron chi connectivity index (χ4n) is 1.63. The number of methoxy groups -OCH3 is 1. The lowest BCUT2D eigenvalue weighted by molar-refractivity contribution is 0.0465. The van der Waals surface area contributed by atoms with Crippen molar-refractivity contribution < 1.29 is 9.84 Å². The van der Waals surface area contributed by atoms with E-state index in [1.54, 1.807) is 32.0 Å². The average Bonchev–Trinajstić information content (AvgIpc) is 2.57. The lowest BCUT2D eigenvalue weighted by Gasteiger charge is -2.24. The quantitative estimate of drug-likeness (QED) is 0.736. The molecule has 0 amide bonds. The van der Waals surface area contributed by atoms with Crippen molar-refractivity contribution in [3.63, 3.8) is 0 Å². The predicted molar refractivity (Wildman–Crippen MR) is 57.9 cm³/mol. The molecule has 0 radical (unpaired) electrons. The van der Waals surface area contributed by atoms with Crippen LogP contribution in [0.4, 0.5) is 0 Å². The molecule has 2 N–H and O–H groups in total. The first-order valence-electron chi connectivity index (χ1n) is 5.02. The first kappa shape index (κ1) is 12.0. The summed E-state index contributed by atoms with van der Waals surface area (Å²) in [7, 11) is 3.36. The van der Waals surface area contributed by atoms with Crippen molar-refractivity contribution in [2.75, 3.05) is 20.2 Å². The van der Waals surface area contributed by atoms with Crippen LogP contribution >= 0.6 is 0 Å². The largest absolute Gasteiger partial charge is 0.493 e. The van der Waals surface area contributed by atoms with Crippen molar-refractivity contribution in [2.45, 2.75) is 19.4 Å². The van der Waals surface area contributed by atoms with Gasteiger partial charge in [0.2, 0.25) is 0 Å². The van der Waals surface area contributed by atoms with E-state index in [-0.39, 0.29) is 0 Å². The molecule has 5 nitrogen and oxygen atoms in total. The summed E-state index contributed by atoms with van der Waals surface area (Å²) in [6.45, 7) is 5.03. The Hall–Kier alpha value is -1.07. The highest BCUT2D eigenvalue weighted by molar-refractivity contribution is 5.30. The lowest BCUT2D eigenvalue weighted by atomic mass is 10.0. The fraction of sp³-hybridized carbons (Fsp3) is 0.700. The van der Waals surface area contributed by atoms with Crippen LogP contribution in [0, 0.1) is 0 Å². The van der Waals surface area contributed by atoms with Gasteiger partial charge in [0, 0.05) is 13.6 Å². The minimum Gasteiger partial charge on any atom is -0.493 e. The molecule has 1 unspecified atom stereocenters. The van der Waals surface area contributed by atoms with Gasteiger partial charge in [0.1, 0.15) is 11.3 Å². The summed E-state index contributed by atoms with van der Waals surface area (Å²) in [6, 6.07) is 0. The maximum absolute atomic E-state index is 10.3. The maximum Gasteiger partial charge on any atom is 0.162 e. The maximum atomic E-state index is 10.3. The Morgan fingerprint density at radius 1 is 1.67 bits per heavy atom. The Kier molecular flexibility index (Phi) is 3.71. The van der Waals surface area contributed by atoms with E-state index in [2.05, 4.69) is 10.4 Å². The molecular weight excluding hydrogens is 194 g/mol. The molecule has 1 atom stereocenters. The summed E-state index contributed by atoms with van der Waals surface area (Å²) in [6.07, 6.45) is 1.61. The van der Waals surface area contributed by atoms with Crippen molar-refractivity contribution in [3.05, 3.63) is 11.9 Å². The molecule has 0 fully saturated rings. The Bertz CT molecular complexity index is 320. The minimum absolute atomic E-state index is 0.472. The van der Waals surface area contributed by atoms with Crippen molar-refractivity contribution in [1.82, 2.24) is 15.1 Å². The molecule has 86 valence electrons. The number of nitrogens with one attached hydrogen (secondary N) is 1. The number of aryl methyl sites for hydroxylation is 1. The van der Waals surface area contributed by atoms with Crippen LogP contribution in [0.2, 0.25) is 0 Å². The number of hydrogen-bond donors (Lipinski definition) is 2. The van der Waals surface area contributed by atoms with Gasteiger partial charge in [-0.05, 0) is 13.5 Å². The molecular formula is C10H19N3O2. The molecule has 0 aliphatic heterocycles. The van der Waals surface area contributed by atoms with Gasteiger partial charge in [-0.25, -0.2) is 0 Å². The van der Waals surface area contributed by atoms with Gasteiger partial charge < -0.3 is 15.2 Å². The van der Waals surface area contributed by atoms with E-state index in [1.165, 1.54) is 0 Å². The number of rotatable bonds is 5. The van der Waals surface area contributed by atoms with Crippen molar-refractivity contribution in [3.8, 4) is 5.75 Å². The molecule has 1 heterocycles. The topological polar surface area (TPSA) is 59.3 Å². The van der Waals surface area contributed by atoms with Crippen LogP contribution in [0.1, 0.15) is 19.5 Å². The molecule has 15 heavy (non-hydrogen) atoms. The van der Waals surface area contributed by atoms with Gasteiger partial charge in [-0.15, -0.1) is 0 Å². The third-order valence-corrected chi connectivity index (χ3v) is 2.35. The molecule has 1 rings (SSSR count). The second kappa shape index (κ2) is 4.63. The Balaban J connectivity index is 2.96. The zero-order valence-electron chi connectivity index (χ0n) is 9.74. The van der Waals surface area contributed by atoms with E-state index in [0.29, 0.717) is 18.0 Å². The molecule has 1 aromatic heterocycles. The average molecular weight is 213 g/mol. The van der Waals surface area contributed by atoms with E-state index >= 15 is 0 Å². The van der Waals surface area contributed by atoms with Crippen LogP contribution in [-0.2, 0) is 12.6 Å². The molecule has 0 aromatic carbocycles. The standard InChI is InChI=1S/C10H19N3O2/c1-5-11-7-10(2,14)9-8(15-4)6-12-13(9)3/h6,11,14H,5,7H2,1-4H3. The van der Waals surface area contributed by atoms with Crippen LogP contribution in [0.15, 0.2) is 6.20 Å². The Labute approximate surface area is 90.1 Å². The first-order valence-corrected chi connectivity index (χ1v) is 5.02. The highest BCUT2D eigenvalue weighted by atomic mass is 16.5.